The SMILES string of the molecule is CC(C)n1c(=O)oc2cc(C(=O)N3CCCNCC3)ccc21. The van der Waals surface area contributed by atoms with Crippen LogP contribution in [-0.4, -0.2) is 41.6 Å². The highest BCUT2D eigenvalue weighted by Crippen LogP contribution is 2.19. The number of nitrogens with one attached hydrogen (secondary N) is 1. The van der Waals surface area contributed by atoms with Crippen LogP contribution >= 0.6 is 0 Å². The Labute approximate surface area is 128 Å². The Morgan fingerprint density at radius 2 is 2.09 bits per heavy atom. The van der Waals surface area contributed by atoms with Gasteiger partial charge in [0.2, 0.25) is 0 Å². The molecule has 6 nitrogen and oxygen atoms in total. The van der Waals surface area contributed by atoms with Crippen LogP contribution in [0.15, 0.2) is 27.4 Å². The molecule has 1 aliphatic rings. The summed E-state index contributed by atoms with van der Waals surface area (Å²) < 4.78 is 6.88. The predicted molar refractivity (Wildman–Crippen MR) is 84.2 cm³/mol. The van der Waals surface area contributed by atoms with Gasteiger partial charge < -0.3 is 14.6 Å². The minimum absolute atomic E-state index is 0.00875. The van der Waals surface area contributed by atoms with E-state index in [0.717, 1.165) is 31.6 Å². The van der Waals surface area contributed by atoms with E-state index in [1.54, 1.807) is 22.8 Å². The van der Waals surface area contributed by atoms with Crippen LogP contribution in [0, 0.1) is 0 Å². The smallest absolute Gasteiger partial charge is 0.408 e. The second-order valence-electron chi connectivity index (χ2n) is 5.91. The molecule has 1 fully saturated rings. The molecule has 0 saturated carbocycles. The van der Waals surface area contributed by atoms with Gasteiger partial charge in [-0.3, -0.25) is 9.36 Å². The number of carbonyl (C=O) groups excluding carboxylic acids is 1. The fourth-order valence-electron chi connectivity index (χ4n) is 2.89. The van der Waals surface area contributed by atoms with E-state index in [2.05, 4.69) is 5.32 Å². The van der Waals surface area contributed by atoms with E-state index in [0.29, 0.717) is 17.7 Å². The third kappa shape index (κ3) is 2.66. The van der Waals surface area contributed by atoms with E-state index >= 15 is 0 Å². The fourth-order valence-corrected chi connectivity index (χ4v) is 2.89. The molecule has 1 amide bonds. The lowest BCUT2D eigenvalue weighted by atomic mass is 10.1. The Morgan fingerprint density at radius 3 is 2.86 bits per heavy atom. The van der Waals surface area contributed by atoms with Gasteiger partial charge >= 0.3 is 5.76 Å². The molecule has 0 unspecified atom stereocenters. The van der Waals surface area contributed by atoms with Gasteiger partial charge in [0, 0.05) is 31.2 Å². The highest BCUT2D eigenvalue weighted by molar-refractivity contribution is 5.97. The molecular weight excluding hydrogens is 282 g/mol. The Kier molecular flexibility index (Phi) is 4.02. The third-order valence-corrected chi connectivity index (χ3v) is 4.00. The van der Waals surface area contributed by atoms with Crippen molar-refractivity contribution in [2.75, 3.05) is 26.2 Å². The summed E-state index contributed by atoms with van der Waals surface area (Å²) in [5.41, 5.74) is 1.77. The van der Waals surface area contributed by atoms with Crippen molar-refractivity contribution >= 4 is 17.0 Å². The number of hydrogen-bond acceptors (Lipinski definition) is 4. The minimum atomic E-state index is -0.381. The summed E-state index contributed by atoms with van der Waals surface area (Å²) >= 11 is 0. The first-order chi connectivity index (χ1) is 10.6. The zero-order chi connectivity index (χ0) is 15.7. The molecule has 0 atom stereocenters. The molecule has 0 spiro atoms. The molecule has 1 saturated heterocycles. The summed E-state index contributed by atoms with van der Waals surface area (Å²) in [6.07, 6.45) is 0.951. The highest BCUT2D eigenvalue weighted by atomic mass is 16.4. The molecule has 1 aliphatic heterocycles. The topological polar surface area (TPSA) is 67.5 Å². The summed E-state index contributed by atoms with van der Waals surface area (Å²) in [6.45, 7) is 7.07. The van der Waals surface area contributed by atoms with Crippen molar-refractivity contribution in [2.24, 2.45) is 0 Å². The van der Waals surface area contributed by atoms with Crippen LogP contribution in [0.4, 0.5) is 0 Å². The largest absolute Gasteiger partial charge is 0.420 e. The monoisotopic (exact) mass is 303 g/mol. The molecule has 1 aromatic heterocycles. The first-order valence-corrected chi connectivity index (χ1v) is 7.73. The molecule has 3 rings (SSSR count). The molecule has 1 N–H and O–H groups in total. The van der Waals surface area contributed by atoms with E-state index in [4.69, 9.17) is 4.42 Å². The average molecular weight is 303 g/mol. The standard InChI is InChI=1S/C16H21N3O3/c1-11(2)19-13-5-4-12(10-14(13)22-16(19)21)15(20)18-8-3-6-17-7-9-18/h4-5,10-11,17H,3,6-9H2,1-2H3. The number of carbonyl (C=O) groups is 1. The molecular formula is C16H21N3O3. The summed E-state index contributed by atoms with van der Waals surface area (Å²) in [4.78, 5) is 26.3. The third-order valence-electron chi connectivity index (χ3n) is 4.00. The number of rotatable bonds is 2. The van der Waals surface area contributed by atoms with Crippen molar-refractivity contribution in [1.29, 1.82) is 0 Å². The number of fused-ring (bicyclic) bond motifs is 1. The van der Waals surface area contributed by atoms with Crippen molar-refractivity contribution in [3.8, 4) is 0 Å². The number of nitrogens with zero attached hydrogens (tertiary/aromatic N) is 2. The maximum atomic E-state index is 12.6. The van der Waals surface area contributed by atoms with Crippen LogP contribution in [0.3, 0.4) is 0 Å². The minimum Gasteiger partial charge on any atom is -0.408 e. The summed E-state index contributed by atoms with van der Waals surface area (Å²) in [6, 6.07) is 5.27. The van der Waals surface area contributed by atoms with Crippen LogP contribution in [0.25, 0.3) is 11.1 Å². The molecule has 118 valence electrons. The van der Waals surface area contributed by atoms with Crippen molar-refractivity contribution in [3.05, 3.63) is 34.3 Å². The van der Waals surface area contributed by atoms with Gasteiger partial charge in [-0.1, -0.05) is 0 Å². The molecule has 2 heterocycles. The van der Waals surface area contributed by atoms with Crippen molar-refractivity contribution in [3.63, 3.8) is 0 Å². The molecule has 6 heteroatoms. The highest BCUT2D eigenvalue weighted by Gasteiger charge is 2.19. The second-order valence-corrected chi connectivity index (χ2v) is 5.91. The van der Waals surface area contributed by atoms with Gasteiger partial charge in [-0.05, 0) is 45.0 Å². The quantitative estimate of drug-likeness (QED) is 0.915. The number of benzene rings is 1. The number of amides is 1. The number of aromatic nitrogens is 1. The van der Waals surface area contributed by atoms with Crippen molar-refractivity contribution in [1.82, 2.24) is 14.8 Å². The van der Waals surface area contributed by atoms with Crippen LogP contribution in [-0.2, 0) is 0 Å². The normalized spacial score (nSPS) is 16.2. The van der Waals surface area contributed by atoms with Gasteiger partial charge in [-0.2, -0.15) is 0 Å². The van der Waals surface area contributed by atoms with Gasteiger partial charge in [0.15, 0.2) is 5.58 Å². The summed E-state index contributed by atoms with van der Waals surface area (Å²) in [5, 5.41) is 3.28. The Balaban J connectivity index is 1.95. The fraction of sp³-hybridized carbons (Fsp3) is 0.500. The molecule has 0 bridgehead atoms. The first-order valence-electron chi connectivity index (χ1n) is 7.73. The van der Waals surface area contributed by atoms with Gasteiger partial charge in [-0.25, -0.2) is 4.79 Å². The summed E-state index contributed by atoms with van der Waals surface area (Å²) in [5.74, 6) is -0.390. The average Bonchev–Trinajstić information content (AvgIpc) is 2.66. The molecule has 0 radical (unpaired) electrons. The van der Waals surface area contributed by atoms with E-state index in [9.17, 15) is 9.59 Å². The molecule has 1 aromatic carbocycles. The van der Waals surface area contributed by atoms with Gasteiger partial charge in [0.1, 0.15) is 0 Å². The number of hydrogen-bond donors (Lipinski definition) is 1. The van der Waals surface area contributed by atoms with Crippen molar-refractivity contribution in [2.45, 2.75) is 26.3 Å². The van der Waals surface area contributed by atoms with E-state index in [1.165, 1.54) is 0 Å². The maximum Gasteiger partial charge on any atom is 0.420 e. The van der Waals surface area contributed by atoms with E-state index in [1.807, 2.05) is 18.7 Å². The zero-order valence-electron chi connectivity index (χ0n) is 13.0. The first kappa shape index (κ1) is 14.8. The van der Waals surface area contributed by atoms with Crippen LogP contribution in [0.1, 0.15) is 36.7 Å². The van der Waals surface area contributed by atoms with Crippen LogP contribution in [0.2, 0.25) is 0 Å². The Bertz CT molecular complexity index is 737. The van der Waals surface area contributed by atoms with Gasteiger partial charge in [0.25, 0.3) is 5.91 Å². The lowest BCUT2D eigenvalue weighted by Gasteiger charge is -2.19. The van der Waals surface area contributed by atoms with Gasteiger partial charge in [-0.15, -0.1) is 0 Å². The van der Waals surface area contributed by atoms with Crippen LogP contribution < -0.4 is 11.1 Å². The maximum absolute atomic E-state index is 12.6. The Hall–Kier alpha value is -2.08. The Morgan fingerprint density at radius 1 is 1.27 bits per heavy atom. The second kappa shape index (κ2) is 5.96. The van der Waals surface area contributed by atoms with E-state index in [-0.39, 0.29) is 17.7 Å². The lowest BCUT2D eigenvalue weighted by Crippen LogP contribution is -2.34. The summed E-state index contributed by atoms with van der Waals surface area (Å²) in [7, 11) is 0. The lowest BCUT2D eigenvalue weighted by molar-refractivity contribution is 0.0766. The molecule has 2 aromatic rings. The molecule has 0 aliphatic carbocycles. The van der Waals surface area contributed by atoms with Crippen LogP contribution in [0.5, 0.6) is 0 Å². The number of oxazole rings is 1. The van der Waals surface area contributed by atoms with E-state index < -0.39 is 0 Å². The zero-order valence-corrected chi connectivity index (χ0v) is 13.0. The van der Waals surface area contributed by atoms with Gasteiger partial charge in [0.05, 0.1) is 5.52 Å². The predicted octanol–water partition coefficient (Wildman–Crippen LogP) is 1.61. The van der Waals surface area contributed by atoms with Crippen molar-refractivity contribution < 1.29 is 9.21 Å². The molecule has 22 heavy (non-hydrogen) atoms.